The van der Waals surface area contributed by atoms with Gasteiger partial charge >= 0.3 is 0 Å². The first kappa shape index (κ1) is 11.6. The van der Waals surface area contributed by atoms with Crippen molar-refractivity contribution in [3.8, 4) is 17.6 Å². The van der Waals surface area contributed by atoms with E-state index in [2.05, 4.69) is 21.0 Å². The molecule has 3 aromatic rings. The molecule has 2 aromatic heterocycles. The molecule has 5 heteroatoms. The highest BCUT2D eigenvalue weighted by Gasteiger charge is 2.29. The van der Waals surface area contributed by atoms with Crippen LogP contribution >= 0.6 is 11.3 Å². The van der Waals surface area contributed by atoms with Gasteiger partial charge in [-0.15, -0.1) is 11.3 Å². The summed E-state index contributed by atoms with van der Waals surface area (Å²) in [6.45, 7) is 2.01. The van der Waals surface area contributed by atoms with Crippen molar-refractivity contribution in [3.63, 3.8) is 0 Å². The van der Waals surface area contributed by atoms with Crippen molar-refractivity contribution >= 4 is 22.4 Å². The quantitative estimate of drug-likeness (QED) is 0.719. The lowest BCUT2D eigenvalue weighted by Gasteiger charge is -2.05. The van der Waals surface area contributed by atoms with Gasteiger partial charge in [-0.2, -0.15) is 5.26 Å². The Labute approximate surface area is 120 Å². The summed E-state index contributed by atoms with van der Waals surface area (Å²) in [5.74, 6) is 0.932. The number of nitriles is 1. The van der Waals surface area contributed by atoms with E-state index in [1.165, 1.54) is 12.8 Å². The number of nitrogens with zero attached hydrogens (tertiary/aromatic N) is 4. The monoisotopic (exact) mass is 280 g/mol. The number of hydrogen-bond acceptors (Lipinski definition) is 4. The fraction of sp³-hybridized carbons (Fsp3) is 0.267. The third kappa shape index (κ3) is 1.73. The predicted octanol–water partition coefficient (Wildman–Crippen LogP) is 3.67. The topological polar surface area (TPSA) is 54.5 Å². The van der Waals surface area contributed by atoms with Crippen LogP contribution < -0.4 is 0 Å². The standard InChI is InChI=1S/C15H12N4S/c1-9-17-13(8-20-9)15-18-12-6-10(7-16)2-5-14(12)19(15)11-3-4-11/h2,5-6,8,11H,3-4H2,1H3. The molecule has 1 aromatic carbocycles. The summed E-state index contributed by atoms with van der Waals surface area (Å²) in [6, 6.07) is 8.43. The molecular formula is C15H12N4S. The van der Waals surface area contributed by atoms with Gasteiger partial charge in [-0.3, -0.25) is 0 Å². The maximum atomic E-state index is 9.02. The van der Waals surface area contributed by atoms with Crippen LogP contribution in [0.2, 0.25) is 0 Å². The molecule has 4 nitrogen and oxygen atoms in total. The molecule has 0 aliphatic heterocycles. The molecule has 98 valence electrons. The van der Waals surface area contributed by atoms with Crippen molar-refractivity contribution in [1.29, 1.82) is 5.26 Å². The lowest BCUT2D eigenvalue weighted by atomic mass is 10.2. The second-order valence-electron chi connectivity index (χ2n) is 5.10. The molecule has 0 saturated heterocycles. The van der Waals surface area contributed by atoms with Crippen LogP contribution in [-0.4, -0.2) is 14.5 Å². The Hall–Kier alpha value is -2.19. The lowest BCUT2D eigenvalue weighted by molar-refractivity contribution is 0.773. The van der Waals surface area contributed by atoms with Gasteiger partial charge < -0.3 is 4.57 Å². The van der Waals surface area contributed by atoms with Gasteiger partial charge in [-0.1, -0.05) is 0 Å². The van der Waals surface area contributed by atoms with E-state index in [9.17, 15) is 0 Å². The second-order valence-corrected chi connectivity index (χ2v) is 6.17. The molecule has 0 spiro atoms. The van der Waals surface area contributed by atoms with Crippen LogP contribution in [-0.2, 0) is 0 Å². The third-order valence-electron chi connectivity index (χ3n) is 3.58. The Kier molecular flexibility index (Phi) is 2.41. The normalized spacial score (nSPS) is 14.6. The number of aryl methyl sites for hydroxylation is 1. The van der Waals surface area contributed by atoms with Crippen LogP contribution in [0.25, 0.3) is 22.6 Å². The molecule has 1 fully saturated rings. The van der Waals surface area contributed by atoms with Crippen molar-refractivity contribution in [2.24, 2.45) is 0 Å². The minimum Gasteiger partial charge on any atom is -0.320 e. The van der Waals surface area contributed by atoms with E-state index >= 15 is 0 Å². The van der Waals surface area contributed by atoms with Crippen LogP contribution in [0, 0.1) is 18.3 Å². The van der Waals surface area contributed by atoms with Crippen molar-refractivity contribution in [3.05, 3.63) is 34.2 Å². The average molecular weight is 280 g/mol. The number of rotatable bonds is 2. The summed E-state index contributed by atoms with van der Waals surface area (Å²) in [6.07, 6.45) is 2.39. The van der Waals surface area contributed by atoms with Gasteiger partial charge in [-0.05, 0) is 38.0 Å². The summed E-state index contributed by atoms with van der Waals surface area (Å²) in [5.41, 5.74) is 3.58. The van der Waals surface area contributed by atoms with Crippen LogP contribution in [0.3, 0.4) is 0 Å². The number of hydrogen-bond donors (Lipinski definition) is 0. The van der Waals surface area contributed by atoms with Crippen molar-refractivity contribution in [2.75, 3.05) is 0 Å². The first-order valence-electron chi connectivity index (χ1n) is 6.61. The molecular weight excluding hydrogens is 268 g/mol. The Morgan fingerprint density at radius 2 is 2.20 bits per heavy atom. The maximum absolute atomic E-state index is 9.02. The summed E-state index contributed by atoms with van der Waals surface area (Å²) in [5, 5.41) is 12.1. The van der Waals surface area contributed by atoms with E-state index in [4.69, 9.17) is 10.2 Å². The smallest absolute Gasteiger partial charge is 0.160 e. The summed E-state index contributed by atoms with van der Waals surface area (Å²) in [7, 11) is 0. The van der Waals surface area contributed by atoms with Crippen molar-refractivity contribution in [2.45, 2.75) is 25.8 Å². The van der Waals surface area contributed by atoms with Crippen LogP contribution in [0.15, 0.2) is 23.6 Å². The zero-order chi connectivity index (χ0) is 13.7. The van der Waals surface area contributed by atoms with Crippen LogP contribution in [0.4, 0.5) is 0 Å². The summed E-state index contributed by atoms with van der Waals surface area (Å²) >= 11 is 1.64. The molecule has 0 atom stereocenters. The first-order valence-corrected chi connectivity index (χ1v) is 7.49. The van der Waals surface area contributed by atoms with E-state index in [0.29, 0.717) is 11.6 Å². The minimum atomic E-state index is 0.532. The van der Waals surface area contributed by atoms with Gasteiger partial charge in [0.15, 0.2) is 5.82 Å². The largest absolute Gasteiger partial charge is 0.320 e. The molecule has 2 heterocycles. The molecule has 1 saturated carbocycles. The zero-order valence-corrected chi connectivity index (χ0v) is 11.8. The van der Waals surface area contributed by atoms with Crippen LogP contribution in [0.1, 0.15) is 29.5 Å². The highest BCUT2D eigenvalue weighted by molar-refractivity contribution is 7.09. The van der Waals surface area contributed by atoms with E-state index in [1.807, 2.05) is 25.1 Å². The molecule has 0 N–H and O–H groups in total. The van der Waals surface area contributed by atoms with E-state index < -0.39 is 0 Å². The Morgan fingerprint density at radius 1 is 1.35 bits per heavy atom. The average Bonchev–Trinajstić information content (AvgIpc) is 3.09. The molecule has 4 rings (SSSR count). The number of imidazole rings is 1. The van der Waals surface area contributed by atoms with E-state index in [0.717, 1.165) is 27.6 Å². The molecule has 1 aliphatic rings. The predicted molar refractivity (Wildman–Crippen MR) is 78.6 cm³/mol. The fourth-order valence-electron chi connectivity index (χ4n) is 2.52. The minimum absolute atomic E-state index is 0.532. The SMILES string of the molecule is Cc1nc(-c2nc3cc(C#N)ccc3n2C2CC2)cs1. The van der Waals surface area contributed by atoms with E-state index in [1.54, 1.807) is 11.3 Å². The van der Waals surface area contributed by atoms with Crippen molar-refractivity contribution < 1.29 is 0 Å². The molecule has 0 amide bonds. The van der Waals surface area contributed by atoms with Gasteiger partial charge in [0.05, 0.1) is 27.7 Å². The lowest BCUT2D eigenvalue weighted by Crippen LogP contribution is -1.97. The highest BCUT2D eigenvalue weighted by Crippen LogP contribution is 2.41. The maximum Gasteiger partial charge on any atom is 0.160 e. The number of fused-ring (bicyclic) bond motifs is 1. The van der Waals surface area contributed by atoms with Gasteiger partial charge in [0, 0.05) is 11.4 Å². The Morgan fingerprint density at radius 3 is 2.85 bits per heavy atom. The molecule has 0 radical (unpaired) electrons. The molecule has 0 unspecified atom stereocenters. The first-order chi connectivity index (χ1) is 9.76. The number of benzene rings is 1. The molecule has 1 aliphatic carbocycles. The van der Waals surface area contributed by atoms with Gasteiger partial charge in [0.2, 0.25) is 0 Å². The summed E-state index contributed by atoms with van der Waals surface area (Å²) in [4.78, 5) is 9.28. The van der Waals surface area contributed by atoms with E-state index in [-0.39, 0.29) is 0 Å². The molecule has 20 heavy (non-hydrogen) atoms. The van der Waals surface area contributed by atoms with Crippen molar-refractivity contribution in [1.82, 2.24) is 14.5 Å². The second kappa shape index (κ2) is 4.15. The Balaban J connectivity index is 1.99. The van der Waals surface area contributed by atoms with Gasteiger partial charge in [0.25, 0.3) is 0 Å². The zero-order valence-electron chi connectivity index (χ0n) is 11.0. The third-order valence-corrected chi connectivity index (χ3v) is 4.35. The fourth-order valence-corrected chi connectivity index (χ4v) is 3.11. The Bertz CT molecular complexity index is 849. The summed E-state index contributed by atoms with van der Waals surface area (Å²) < 4.78 is 2.28. The number of thiazole rings is 1. The molecule has 0 bridgehead atoms. The van der Waals surface area contributed by atoms with Crippen LogP contribution in [0.5, 0.6) is 0 Å². The highest BCUT2D eigenvalue weighted by atomic mass is 32.1. The van der Waals surface area contributed by atoms with Gasteiger partial charge in [0.1, 0.15) is 5.69 Å². The van der Waals surface area contributed by atoms with Gasteiger partial charge in [-0.25, -0.2) is 9.97 Å². The number of aromatic nitrogens is 3.